The summed E-state index contributed by atoms with van der Waals surface area (Å²) in [5.41, 5.74) is 2.79. The van der Waals surface area contributed by atoms with Gasteiger partial charge >= 0.3 is 0 Å². The Labute approximate surface area is 207 Å². The van der Waals surface area contributed by atoms with Gasteiger partial charge in [0, 0.05) is 5.56 Å². The number of oxazole rings is 1. The average molecular weight is 492 g/mol. The van der Waals surface area contributed by atoms with E-state index in [0.717, 1.165) is 16.6 Å². The van der Waals surface area contributed by atoms with Crippen LogP contribution in [0.4, 0.5) is 0 Å². The first-order valence-electron chi connectivity index (χ1n) is 11.6. The Kier molecular flexibility index (Phi) is 6.56. The monoisotopic (exact) mass is 491 g/mol. The number of rotatable bonds is 6. The first kappa shape index (κ1) is 22.7. The largest absolute Gasteiger partial charge is 0.431 e. The van der Waals surface area contributed by atoms with Crippen LogP contribution in [-0.2, 0) is 25.6 Å². The summed E-state index contributed by atoms with van der Waals surface area (Å²) in [4.78, 5) is 4.56. The van der Waals surface area contributed by atoms with Crippen LogP contribution in [0.5, 0.6) is 0 Å². The molecule has 0 bridgehead atoms. The van der Waals surface area contributed by atoms with Crippen molar-refractivity contribution in [1.82, 2.24) is 4.98 Å². The van der Waals surface area contributed by atoms with Crippen molar-refractivity contribution in [3.63, 3.8) is 0 Å². The van der Waals surface area contributed by atoms with E-state index in [9.17, 15) is 5.11 Å². The molecule has 35 heavy (non-hydrogen) atoms. The van der Waals surface area contributed by atoms with Gasteiger partial charge in [-0.05, 0) is 29.5 Å². The summed E-state index contributed by atoms with van der Waals surface area (Å²) < 4.78 is 30.7. The molecule has 0 radical (unpaired) electrons. The standard InChI is InChI=1S/C27H25NO6S/c29-22-23-21(16-31-25(34-23)18-11-5-2-6-12-18)32-26(24(22)30-15-17-9-3-1-4-10-17)35-27-28-19-13-7-8-14-20(19)33-27/h1-14,21-26,29H,15-16H2/t21-,22+,23-,24-,25-,26+/m1/s1. The molecule has 2 aliphatic heterocycles. The normalized spacial score (nSPS) is 28.6. The zero-order valence-electron chi connectivity index (χ0n) is 18.8. The molecular weight excluding hydrogens is 466 g/mol. The summed E-state index contributed by atoms with van der Waals surface area (Å²) in [5, 5.41) is 11.9. The predicted octanol–water partition coefficient (Wildman–Crippen LogP) is 4.71. The van der Waals surface area contributed by atoms with Crippen molar-refractivity contribution in [2.75, 3.05) is 6.61 Å². The lowest BCUT2D eigenvalue weighted by Crippen LogP contribution is -2.61. The lowest BCUT2D eigenvalue weighted by molar-refractivity contribution is -0.323. The van der Waals surface area contributed by atoms with Gasteiger partial charge in [0.05, 0.1) is 13.2 Å². The molecule has 2 fully saturated rings. The molecule has 0 saturated carbocycles. The molecule has 180 valence electrons. The van der Waals surface area contributed by atoms with E-state index >= 15 is 0 Å². The van der Waals surface area contributed by atoms with Gasteiger partial charge in [-0.15, -0.1) is 0 Å². The highest BCUT2D eigenvalue weighted by Crippen LogP contribution is 2.40. The number of aromatic nitrogens is 1. The minimum absolute atomic E-state index is 0.289. The van der Waals surface area contributed by atoms with Gasteiger partial charge in [0.15, 0.2) is 11.9 Å². The Hall–Kier alpha value is -2.72. The van der Waals surface area contributed by atoms with Crippen LogP contribution >= 0.6 is 11.8 Å². The van der Waals surface area contributed by atoms with Crippen molar-refractivity contribution in [3.8, 4) is 0 Å². The quantitative estimate of drug-likeness (QED) is 0.415. The van der Waals surface area contributed by atoms with Crippen LogP contribution in [0, 0.1) is 0 Å². The Balaban J connectivity index is 1.24. The summed E-state index contributed by atoms with van der Waals surface area (Å²) in [7, 11) is 0. The highest BCUT2D eigenvalue weighted by molar-refractivity contribution is 7.99. The van der Waals surface area contributed by atoms with Crippen molar-refractivity contribution in [1.29, 1.82) is 0 Å². The SMILES string of the molecule is O[C@@H]1[C@@H](OCc2ccccc2)[C@H](Sc2nc3ccccc3o2)O[C@@H]2CO[C@@H](c3ccccc3)O[C@@H]12. The number of fused-ring (bicyclic) bond motifs is 2. The highest BCUT2D eigenvalue weighted by atomic mass is 32.2. The topological polar surface area (TPSA) is 83.2 Å². The number of ether oxygens (including phenoxy) is 4. The predicted molar refractivity (Wildman–Crippen MR) is 130 cm³/mol. The molecule has 6 rings (SSSR count). The van der Waals surface area contributed by atoms with E-state index in [1.807, 2.05) is 84.9 Å². The van der Waals surface area contributed by atoms with Crippen molar-refractivity contribution in [2.45, 2.75) is 48.0 Å². The fourth-order valence-corrected chi connectivity index (χ4v) is 5.45. The Morgan fingerprint density at radius 2 is 1.66 bits per heavy atom. The molecule has 8 heteroatoms. The maximum Gasteiger partial charge on any atom is 0.259 e. The van der Waals surface area contributed by atoms with E-state index in [1.54, 1.807) is 0 Å². The van der Waals surface area contributed by atoms with Gasteiger partial charge in [-0.2, -0.15) is 0 Å². The van der Waals surface area contributed by atoms with E-state index in [4.69, 9.17) is 23.4 Å². The molecule has 0 unspecified atom stereocenters. The fraction of sp³-hybridized carbons (Fsp3) is 0.296. The average Bonchev–Trinajstić information content (AvgIpc) is 3.32. The first-order valence-corrected chi connectivity index (χ1v) is 12.5. The number of thioether (sulfide) groups is 1. The summed E-state index contributed by atoms with van der Waals surface area (Å²) in [6.07, 6.45) is -3.24. The number of nitrogens with zero attached hydrogens (tertiary/aromatic N) is 1. The van der Waals surface area contributed by atoms with Gasteiger partial charge in [0.25, 0.3) is 5.22 Å². The Morgan fingerprint density at radius 3 is 2.46 bits per heavy atom. The van der Waals surface area contributed by atoms with Crippen molar-refractivity contribution < 1.29 is 28.5 Å². The molecule has 2 saturated heterocycles. The highest BCUT2D eigenvalue weighted by Gasteiger charge is 2.50. The zero-order valence-corrected chi connectivity index (χ0v) is 19.6. The van der Waals surface area contributed by atoms with Gasteiger partial charge in [0.1, 0.15) is 35.4 Å². The van der Waals surface area contributed by atoms with Gasteiger partial charge in [-0.1, -0.05) is 72.8 Å². The number of hydrogen-bond donors (Lipinski definition) is 1. The lowest BCUT2D eigenvalue weighted by Gasteiger charge is -2.47. The molecule has 4 aromatic rings. The van der Waals surface area contributed by atoms with Crippen LogP contribution < -0.4 is 0 Å². The van der Waals surface area contributed by atoms with Gasteiger partial charge < -0.3 is 28.5 Å². The maximum atomic E-state index is 11.4. The second kappa shape index (κ2) is 10.1. The molecule has 1 N–H and O–H groups in total. The van der Waals surface area contributed by atoms with Crippen LogP contribution in [0.25, 0.3) is 11.1 Å². The summed E-state index contributed by atoms with van der Waals surface area (Å²) in [6.45, 7) is 0.615. The molecule has 3 aromatic carbocycles. The molecule has 7 nitrogen and oxygen atoms in total. The van der Waals surface area contributed by atoms with E-state index in [0.29, 0.717) is 17.4 Å². The van der Waals surface area contributed by atoms with Crippen molar-refractivity contribution >= 4 is 22.9 Å². The first-order chi connectivity index (χ1) is 17.2. The van der Waals surface area contributed by atoms with Crippen LogP contribution in [0.2, 0.25) is 0 Å². The molecule has 3 heterocycles. The number of aliphatic hydroxyl groups excluding tert-OH is 1. The lowest BCUT2D eigenvalue weighted by atomic mass is 9.98. The van der Waals surface area contributed by atoms with Crippen LogP contribution in [0.1, 0.15) is 17.4 Å². The summed E-state index contributed by atoms with van der Waals surface area (Å²) in [5.74, 6) is 0. The minimum Gasteiger partial charge on any atom is -0.431 e. The number of hydrogen-bond acceptors (Lipinski definition) is 8. The molecule has 0 amide bonds. The number of aliphatic hydroxyl groups is 1. The molecular formula is C27H25NO6S. The zero-order chi connectivity index (χ0) is 23.6. The second-order valence-electron chi connectivity index (χ2n) is 8.54. The maximum absolute atomic E-state index is 11.4. The van der Waals surface area contributed by atoms with Crippen LogP contribution in [0.3, 0.4) is 0 Å². The number of benzene rings is 3. The molecule has 2 aliphatic rings. The molecule has 6 atom stereocenters. The Bertz CT molecular complexity index is 1220. The van der Waals surface area contributed by atoms with Crippen LogP contribution in [0.15, 0.2) is 94.6 Å². The Morgan fingerprint density at radius 1 is 0.914 bits per heavy atom. The van der Waals surface area contributed by atoms with Gasteiger partial charge in [-0.3, -0.25) is 0 Å². The van der Waals surface area contributed by atoms with Crippen molar-refractivity contribution in [2.24, 2.45) is 0 Å². The van der Waals surface area contributed by atoms with Crippen molar-refractivity contribution in [3.05, 3.63) is 96.1 Å². The molecule has 0 aliphatic carbocycles. The van der Waals surface area contributed by atoms with Crippen LogP contribution in [-0.4, -0.2) is 46.5 Å². The van der Waals surface area contributed by atoms with E-state index in [1.165, 1.54) is 11.8 Å². The van der Waals surface area contributed by atoms with E-state index in [2.05, 4.69) is 4.98 Å². The third-order valence-electron chi connectivity index (χ3n) is 6.16. The smallest absolute Gasteiger partial charge is 0.259 e. The van der Waals surface area contributed by atoms with Gasteiger partial charge in [0.2, 0.25) is 0 Å². The summed E-state index contributed by atoms with van der Waals surface area (Å²) in [6, 6.07) is 27.1. The summed E-state index contributed by atoms with van der Waals surface area (Å²) >= 11 is 1.29. The third kappa shape index (κ3) is 4.86. The van der Waals surface area contributed by atoms with Gasteiger partial charge in [-0.25, -0.2) is 4.98 Å². The number of para-hydroxylation sites is 2. The minimum atomic E-state index is -0.936. The third-order valence-corrected chi connectivity index (χ3v) is 7.15. The molecule has 1 aromatic heterocycles. The van der Waals surface area contributed by atoms with E-state index in [-0.39, 0.29) is 6.61 Å². The fourth-order valence-electron chi connectivity index (χ4n) is 4.39. The van der Waals surface area contributed by atoms with E-state index < -0.39 is 36.1 Å². The second-order valence-corrected chi connectivity index (χ2v) is 9.59. The molecule has 0 spiro atoms.